The van der Waals surface area contributed by atoms with Gasteiger partial charge in [-0.05, 0) is 12.8 Å². The summed E-state index contributed by atoms with van der Waals surface area (Å²) in [5.74, 6) is 1.17. The number of hydrogen-bond donors (Lipinski definition) is 1. The first-order valence-electron chi connectivity index (χ1n) is 4.96. The van der Waals surface area contributed by atoms with Crippen molar-refractivity contribution < 1.29 is 0 Å². The Morgan fingerprint density at radius 2 is 2.23 bits per heavy atom. The van der Waals surface area contributed by atoms with E-state index in [1.54, 1.807) is 0 Å². The molecule has 3 heteroatoms. The number of rotatable bonds is 2. The van der Waals surface area contributed by atoms with E-state index in [4.69, 9.17) is 5.73 Å². The van der Waals surface area contributed by atoms with Crippen LogP contribution in [0, 0.1) is 0 Å². The molecule has 1 fully saturated rings. The van der Waals surface area contributed by atoms with E-state index in [0.717, 1.165) is 6.54 Å². The maximum Gasteiger partial charge on any atom is 0.115 e. The summed E-state index contributed by atoms with van der Waals surface area (Å²) in [7, 11) is 2.05. The van der Waals surface area contributed by atoms with Crippen LogP contribution in [0.1, 0.15) is 31.5 Å². The lowest BCUT2D eigenvalue weighted by molar-refractivity contribution is 0.412. The monoisotopic (exact) mass is 179 g/mol. The van der Waals surface area contributed by atoms with Crippen molar-refractivity contribution in [3.63, 3.8) is 0 Å². The Morgan fingerprint density at radius 1 is 1.54 bits per heavy atom. The molecule has 0 unspecified atom stereocenters. The van der Waals surface area contributed by atoms with Gasteiger partial charge >= 0.3 is 0 Å². The van der Waals surface area contributed by atoms with Gasteiger partial charge in [-0.2, -0.15) is 0 Å². The van der Waals surface area contributed by atoms with E-state index in [0.29, 0.717) is 0 Å². The molecule has 1 aromatic heterocycles. The molecule has 13 heavy (non-hydrogen) atoms. The molecule has 2 rings (SSSR count). The number of aromatic nitrogens is 2. The summed E-state index contributed by atoms with van der Waals surface area (Å²) in [5, 5.41) is 0. The molecular weight excluding hydrogens is 162 g/mol. The van der Waals surface area contributed by atoms with E-state index in [1.165, 1.54) is 31.5 Å². The molecule has 1 heterocycles. The van der Waals surface area contributed by atoms with Crippen molar-refractivity contribution in [2.24, 2.45) is 12.8 Å². The highest BCUT2D eigenvalue weighted by molar-refractivity contribution is 5.13. The molecule has 0 amide bonds. The van der Waals surface area contributed by atoms with Gasteiger partial charge < -0.3 is 10.3 Å². The van der Waals surface area contributed by atoms with Gasteiger partial charge in [-0.25, -0.2) is 4.98 Å². The third-order valence-corrected chi connectivity index (χ3v) is 3.25. The first kappa shape index (κ1) is 8.75. The van der Waals surface area contributed by atoms with Crippen LogP contribution in [0.2, 0.25) is 0 Å². The SMILES string of the molecule is Cn1ccnc1C1(CN)CCCC1. The largest absolute Gasteiger partial charge is 0.338 e. The summed E-state index contributed by atoms with van der Waals surface area (Å²) in [4.78, 5) is 4.42. The second-order valence-electron chi connectivity index (χ2n) is 4.05. The number of imidazole rings is 1. The van der Waals surface area contributed by atoms with E-state index in [2.05, 4.69) is 16.6 Å². The predicted octanol–water partition coefficient (Wildman–Crippen LogP) is 1.19. The average Bonchev–Trinajstić information content (AvgIpc) is 2.73. The molecule has 0 radical (unpaired) electrons. The Balaban J connectivity index is 2.36. The minimum atomic E-state index is 0.179. The summed E-state index contributed by atoms with van der Waals surface area (Å²) >= 11 is 0. The standard InChI is InChI=1S/C10H17N3/c1-13-7-6-12-9(13)10(8-11)4-2-3-5-10/h6-7H,2-5,8,11H2,1H3. The van der Waals surface area contributed by atoms with Crippen molar-refractivity contribution in [3.8, 4) is 0 Å². The molecule has 0 saturated heterocycles. The number of nitrogens with two attached hydrogens (primary N) is 1. The van der Waals surface area contributed by atoms with Crippen LogP contribution in [0.15, 0.2) is 12.4 Å². The minimum Gasteiger partial charge on any atom is -0.338 e. The Bertz CT molecular complexity index is 284. The molecule has 1 aliphatic carbocycles. The van der Waals surface area contributed by atoms with E-state index in [9.17, 15) is 0 Å². The van der Waals surface area contributed by atoms with E-state index in [1.807, 2.05) is 12.4 Å². The van der Waals surface area contributed by atoms with Crippen molar-refractivity contribution in [1.29, 1.82) is 0 Å². The fourth-order valence-corrected chi connectivity index (χ4v) is 2.45. The third-order valence-electron chi connectivity index (χ3n) is 3.25. The Hall–Kier alpha value is -0.830. The van der Waals surface area contributed by atoms with Crippen molar-refractivity contribution in [3.05, 3.63) is 18.2 Å². The normalized spacial score (nSPS) is 20.8. The molecule has 1 saturated carbocycles. The lowest BCUT2D eigenvalue weighted by atomic mass is 9.85. The lowest BCUT2D eigenvalue weighted by Crippen LogP contribution is -2.34. The van der Waals surface area contributed by atoms with Crippen LogP contribution in [-0.4, -0.2) is 16.1 Å². The van der Waals surface area contributed by atoms with Gasteiger partial charge in [0.1, 0.15) is 5.82 Å². The zero-order valence-electron chi connectivity index (χ0n) is 8.16. The van der Waals surface area contributed by atoms with Crippen LogP contribution >= 0.6 is 0 Å². The van der Waals surface area contributed by atoms with Crippen molar-refractivity contribution in [2.45, 2.75) is 31.1 Å². The second-order valence-corrected chi connectivity index (χ2v) is 4.05. The van der Waals surface area contributed by atoms with E-state index < -0.39 is 0 Å². The van der Waals surface area contributed by atoms with Crippen LogP contribution in [-0.2, 0) is 12.5 Å². The van der Waals surface area contributed by atoms with Crippen LogP contribution in [0.3, 0.4) is 0 Å². The molecular formula is C10H17N3. The zero-order valence-corrected chi connectivity index (χ0v) is 8.16. The minimum absolute atomic E-state index is 0.179. The molecule has 0 aliphatic heterocycles. The van der Waals surface area contributed by atoms with Gasteiger partial charge in [0.2, 0.25) is 0 Å². The van der Waals surface area contributed by atoms with Crippen LogP contribution in [0.25, 0.3) is 0 Å². The summed E-state index contributed by atoms with van der Waals surface area (Å²) in [5.41, 5.74) is 6.05. The molecule has 0 atom stereocenters. The van der Waals surface area contributed by atoms with Gasteiger partial charge in [-0.1, -0.05) is 12.8 Å². The van der Waals surface area contributed by atoms with Gasteiger partial charge in [-0.3, -0.25) is 0 Å². The Labute approximate surface area is 79.0 Å². The van der Waals surface area contributed by atoms with Crippen LogP contribution in [0.5, 0.6) is 0 Å². The van der Waals surface area contributed by atoms with Crippen molar-refractivity contribution >= 4 is 0 Å². The second kappa shape index (κ2) is 3.14. The molecule has 72 valence electrons. The van der Waals surface area contributed by atoms with Gasteiger partial charge in [0.25, 0.3) is 0 Å². The highest BCUT2D eigenvalue weighted by Crippen LogP contribution is 2.38. The number of aryl methyl sites for hydroxylation is 1. The van der Waals surface area contributed by atoms with Gasteiger partial charge in [0.15, 0.2) is 0 Å². The summed E-state index contributed by atoms with van der Waals surface area (Å²) in [6.07, 6.45) is 8.87. The molecule has 2 N–H and O–H groups in total. The summed E-state index contributed by atoms with van der Waals surface area (Å²) in [6, 6.07) is 0. The maximum atomic E-state index is 5.88. The number of hydrogen-bond acceptors (Lipinski definition) is 2. The van der Waals surface area contributed by atoms with Crippen LogP contribution in [0.4, 0.5) is 0 Å². The first-order chi connectivity index (χ1) is 6.28. The average molecular weight is 179 g/mol. The molecule has 1 aliphatic rings. The van der Waals surface area contributed by atoms with E-state index in [-0.39, 0.29) is 5.41 Å². The highest BCUT2D eigenvalue weighted by atomic mass is 15.1. The van der Waals surface area contributed by atoms with Crippen LogP contribution < -0.4 is 5.73 Å². The van der Waals surface area contributed by atoms with Gasteiger partial charge in [-0.15, -0.1) is 0 Å². The topological polar surface area (TPSA) is 43.8 Å². The van der Waals surface area contributed by atoms with E-state index >= 15 is 0 Å². The van der Waals surface area contributed by atoms with Gasteiger partial charge in [0, 0.05) is 31.4 Å². The quantitative estimate of drug-likeness (QED) is 0.741. The maximum absolute atomic E-state index is 5.88. The molecule has 1 aromatic rings. The molecule has 0 aromatic carbocycles. The lowest BCUT2D eigenvalue weighted by Gasteiger charge is -2.26. The summed E-state index contributed by atoms with van der Waals surface area (Å²) in [6.45, 7) is 0.734. The third kappa shape index (κ3) is 1.27. The Kier molecular flexibility index (Phi) is 2.12. The van der Waals surface area contributed by atoms with Gasteiger partial charge in [0.05, 0.1) is 0 Å². The zero-order chi connectivity index (χ0) is 9.31. The molecule has 0 spiro atoms. The van der Waals surface area contributed by atoms with Crippen molar-refractivity contribution in [2.75, 3.05) is 6.54 Å². The molecule has 0 bridgehead atoms. The Morgan fingerprint density at radius 3 is 2.69 bits per heavy atom. The highest BCUT2D eigenvalue weighted by Gasteiger charge is 2.37. The first-order valence-corrected chi connectivity index (χ1v) is 4.96. The number of nitrogens with zero attached hydrogens (tertiary/aromatic N) is 2. The fourth-order valence-electron chi connectivity index (χ4n) is 2.45. The summed E-state index contributed by atoms with van der Waals surface area (Å²) < 4.78 is 2.11. The fraction of sp³-hybridized carbons (Fsp3) is 0.700. The predicted molar refractivity (Wildman–Crippen MR) is 52.4 cm³/mol. The molecule has 3 nitrogen and oxygen atoms in total. The van der Waals surface area contributed by atoms with Crippen molar-refractivity contribution in [1.82, 2.24) is 9.55 Å². The smallest absolute Gasteiger partial charge is 0.115 e.